The zero-order valence-corrected chi connectivity index (χ0v) is 18.6. The molecule has 31 heavy (non-hydrogen) atoms. The van der Waals surface area contributed by atoms with E-state index >= 15 is 0 Å². The normalized spacial score (nSPS) is 31.0. The SMILES string of the molecule is CC1(C)c2ccccc2-c2ccc(Nc3ccc(C45CC6CC(C4)C(C6)C5)cc3)cc21. The lowest BCUT2D eigenvalue weighted by molar-refractivity contribution is 0.229. The quantitative estimate of drug-likeness (QED) is 0.468. The lowest BCUT2D eigenvalue weighted by atomic mass is 9.66. The first-order valence-electron chi connectivity index (χ1n) is 12.1. The first-order chi connectivity index (χ1) is 15.0. The van der Waals surface area contributed by atoms with E-state index in [0.29, 0.717) is 5.41 Å². The highest BCUT2D eigenvalue weighted by molar-refractivity contribution is 5.82. The van der Waals surface area contributed by atoms with Crippen molar-refractivity contribution in [2.45, 2.75) is 56.8 Å². The molecule has 0 heterocycles. The van der Waals surface area contributed by atoms with E-state index in [1.54, 1.807) is 5.56 Å². The first kappa shape index (κ1) is 18.1. The van der Waals surface area contributed by atoms with Gasteiger partial charge in [0.25, 0.3) is 0 Å². The van der Waals surface area contributed by atoms with Crippen molar-refractivity contribution in [1.82, 2.24) is 0 Å². The molecule has 0 aliphatic heterocycles. The maximum Gasteiger partial charge on any atom is 0.0387 e. The third-order valence-corrected chi connectivity index (χ3v) is 9.29. The third kappa shape index (κ3) is 2.50. The molecule has 0 spiro atoms. The minimum absolute atomic E-state index is 0.0491. The molecular weight excluding hydrogens is 374 g/mol. The number of nitrogens with one attached hydrogen (secondary N) is 1. The molecule has 0 amide bonds. The number of fused-ring (bicyclic) bond motifs is 3. The molecule has 1 heteroatoms. The fraction of sp³-hybridized carbons (Fsp3) is 0.400. The molecular formula is C30H31N. The summed E-state index contributed by atoms with van der Waals surface area (Å²) in [5.41, 5.74) is 10.2. The van der Waals surface area contributed by atoms with Crippen LogP contribution in [0.25, 0.3) is 11.1 Å². The predicted molar refractivity (Wildman–Crippen MR) is 129 cm³/mol. The molecule has 0 aromatic heterocycles. The van der Waals surface area contributed by atoms with Gasteiger partial charge in [0.1, 0.15) is 0 Å². The molecule has 4 bridgehead atoms. The van der Waals surface area contributed by atoms with Gasteiger partial charge >= 0.3 is 0 Å². The van der Waals surface area contributed by atoms with Crippen molar-refractivity contribution in [3.8, 4) is 11.1 Å². The average Bonchev–Trinajstić information content (AvgIpc) is 3.29. The summed E-state index contributed by atoms with van der Waals surface area (Å²) in [4.78, 5) is 0. The van der Waals surface area contributed by atoms with Crippen molar-refractivity contribution in [3.63, 3.8) is 0 Å². The molecule has 8 rings (SSSR count). The highest BCUT2D eigenvalue weighted by Crippen LogP contribution is 2.64. The van der Waals surface area contributed by atoms with Crippen LogP contribution < -0.4 is 5.32 Å². The molecule has 1 N–H and O–H groups in total. The van der Waals surface area contributed by atoms with Gasteiger partial charge in [-0.25, -0.2) is 0 Å². The summed E-state index contributed by atoms with van der Waals surface area (Å²) in [6.45, 7) is 4.69. The van der Waals surface area contributed by atoms with Gasteiger partial charge in [-0.05, 0) is 107 Å². The third-order valence-electron chi connectivity index (χ3n) is 9.29. The summed E-state index contributed by atoms with van der Waals surface area (Å²) in [5.74, 6) is 3.06. The van der Waals surface area contributed by atoms with Crippen LogP contribution in [0.5, 0.6) is 0 Å². The number of benzene rings is 3. The van der Waals surface area contributed by atoms with Crippen LogP contribution in [-0.2, 0) is 10.8 Å². The average molecular weight is 406 g/mol. The van der Waals surface area contributed by atoms with Crippen molar-refractivity contribution in [3.05, 3.63) is 83.4 Å². The molecule has 2 atom stereocenters. The van der Waals surface area contributed by atoms with E-state index in [-0.39, 0.29) is 5.41 Å². The van der Waals surface area contributed by atoms with Crippen LogP contribution in [0, 0.1) is 17.8 Å². The largest absolute Gasteiger partial charge is 0.356 e. The minimum atomic E-state index is 0.0491. The van der Waals surface area contributed by atoms with Crippen molar-refractivity contribution >= 4 is 11.4 Å². The molecule has 2 unspecified atom stereocenters. The monoisotopic (exact) mass is 405 g/mol. The van der Waals surface area contributed by atoms with Crippen LogP contribution in [-0.4, -0.2) is 0 Å². The molecule has 5 aliphatic rings. The Morgan fingerprint density at radius 1 is 0.710 bits per heavy atom. The van der Waals surface area contributed by atoms with Gasteiger partial charge in [0, 0.05) is 16.8 Å². The van der Waals surface area contributed by atoms with E-state index in [4.69, 9.17) is 0 Å². The molecule has 5 aliphatic carbocycles. The van der Waals surface area contributed by atoms with Crippen LogP contribution in [0.3, 0.4) is 0 Å². The Morgan fingerprint density at radius 3 is 2.13 bits per heavy atom. The van der Waals surface area contributed by atoms with E-state index in [0.717, 1.165) is 17.8 Å². The van der Waals surface area contributed by atoms with Gasteiger partial charge in [0.15, 0.2) is 0 Å². The van der Waals surface area contributed by atoms with E-state index in [2.05, 4.69) is 85.9 Å². The summed E-state index contributed by atoms with van der Waals surface area (Å²) in [6, 6.07) is 25.2. The van der Waals surface area contributed by atoms with Gasteiger partial charge in [-0.2, -0.15) is 0 Å². The molecule has 0 radical (unpaired) electrons. The van der Waals surface area contributed by atoms with Crippen LogP contribution >= 0.6 is 0 Å². The molecule has 156 valence electrons. The minimum Gasteiger partial charge on any atom is -0.356 e. The Labute approximate surface area is 185 Å². The molecule has 3 aromatic rings. The Balaban J connectivity index is 1.16. The first-order valence-corrected chi connectivity index (χ1v) is 12.1. The summed E-state index contributed by atoms with van der Waals surface area (Å²) in [5, 5.41) is 3.69. The van der Waals surface area contributed by atoms with Gasteiger partial charge < -0.3 is 5.32 Å². The van der Waals surface area contributed by atoms with E-state index in [1.807, 2.05) is 0 Å². The second-order valence-electron chi connectivity index (χ2n) is 11.4. The van der Waals surface area contributed by atoms with Crippen LogP contribution in [0.1, 0.15) is 62.6 Å². The maximum absolute atomic E-state index is 3.69. The Morgan fingerprint density at radius 2 is 1.39 bits per heavy atom. The topological polar surface area (TPSA) is 12.0 Å². The van der Waals surface area contributed by atoms with Crippen molar-refractivity contribution < 1.29 is 0 Å². The number of hydrogen-bond donors (Lipinski definition) is 1. The molecule has 4 saturated carbocycles. The van der Waals surface area contributed by atoms with E-state index in [1.165, 1.54) is 65.7 Å². The van der Waals surface area contributed by atoms with Crippen LogP contribution in [0.2, 0.25) is 0 Å². The second-order valence-corrected chi connectivity index (χ2v) is 11.4. The van der Waals surface area contributed by atoms with Crippen molar-refractivity contribution in [2.75, 3.05) is 5.32 Å². The molecule has 0 saturated heterocycles. The number of rotatable bonds is 3. The fourth-order valence-corrected chi connectivity index (χ4v) is 8.02. The lowest BCUT2D eigenvalue weighted by Gasteiger charge is -2.39. The van der Waals surface area contributed by atoms with Crippen molar-refractivity contribution in [1.29, 1.82) is 0 Å². The predicted octanol–water partition coefficient (Wildman–Crippen LogP) is 7.81. The fourth-order valence-electron chi connectivity index (χ4n) is 8.02. The zero-order valence-electron chi connectivity index (χ0n) is 18.6. The zero-order chi connectivity index (χ0) is 20.8. The Kier molecular flexibility index (Phi) is 3.52. The Bertz CT molecular complexity index is 1170. The molecule has 4 fully saturated rings. The van der Waals surface area contributed by atoms with Crippen molar-refractivity contribution in [2.24, 2.45) is 17.8 Å². The lowest BCUT2D eigenvalue weighted by Crippen LogP contribution is -2.31. The van der Waals surface area contributed by atoms with E-state index in [9.17, 15) is 0 Å². The standard InChI is InChI=1S/C30H31N/c1-29(2)27-6-4-3-5-25(27)26-12-11-24(15-28(26)29)31-23-9-7-22(8-10-23)30-16-19-13-20(17-30)21(14-19)18-30/h3-12,15,19-21,31H,13-14,16-18H2,1-2H3. The molecule has 3 aromatic carbocycles. The summed E-state index contributed by atoms with van der Waals surface area (Å²) in [7, 11) is 0. The van der Waals surface area contributed by atoms with Gasteiger partial charge in [-0.1, -0.05) is 56.3 Å². The van der Waals surface area contributed by atoms with Gasteiger partial charge in [0.05, 0.1) is 0 Å². The molecule has 1 nitrogen and oxygen atoms in total. The summed E-state index contributed by atoms with van der Waals surface area (Å²) < 4.78 is 0. The smallest absolute Gasteiger partial charge is 0.0387 e. The highest BCUT2D eigenvalue weighted by atomic mass is 14.9. The summed E-state index contributed by atoms with van der Waals surface area (Å²) in [6.07, 6.45) is 7.37. The van der Waals surface area contributed by atoms with Crippen LogP contribution in [0.15, 0.2) is 66.7 Å². The number of anilines is 2. The Hall–Kier alpha value is -2.54. The maximum atomic E-state index is 3.69. The van der Waals surface area contributed by atoms with Gasteiger partial charge in [0.2, 0.25) is 0 Å². The van der Waals surface area contributed by atoms with Gasteiger partial charge in [-0.3, -0.25) is 0 Å². The van der Waals surface area contributed by atoms with Crippen LogP contribution in [0.4, 0.5) is 11.4 Å². The second kappa shape index (κ2) is 6.03. The van der Waals surface area contributed by atoms with Gasteiger partial charge in [-0.15, -0.1) is 0 Å². The summed E-state index contributed by atoms with van der Waals surface area (Å²) >= 11 is 0. The number of hydrogen-bond acceptors (Lipinski definition) is 1. The van der Waals surface area contributed by atoms with E-state index < -0.39 is 0 Å². The highest BCUT2D eigenvalue weighted by Gasteiger charge is 2.56.